The minimum absolute atomic E-state index is 0.0522. The molecule has 0 aliphatic heterocycles. The molecule has 1 heterocycles. The number of carbonyl (C=O) groups is 1. The number of carbonyl (C=O) groups excluding carboxylic acids is 1. The minimum atomic E-state index is -0.565. The van der Waals surface area contributed by atoms with E-state index in [1.165, 1.54) is 18.2 Å². The van der Waals surface area contributed by atoms with E-state index < -0.39 is 10.8 Å². The van der Waals surface area contributed by atoms with Crippen LogP contribution in [0.3, 0.4) is 0 Å². The number of phenolic OH excluding ortho intramolecular Hbond substituents is 1. The van der Waals surface area contributed by atoms with E-state index in [1.807, 2.05) is 12.1 Å². The third-order valence-electron chi connectivity index (χ3n) is 3.36. The van der Waals surface area contributed by atoms with Gasteiger partial charge in [0.05, 0.1) is 4.92 Å². The molecule has 0 saturated heterocycles. The van der Waals surface area contributed by atoms with Crippen LogP contribution >= 0.6 is 0 Å². The van der Waals surface area contributed by atoms with Crippen LogP contribution in [-0.2, 0) is 6.54 Å². The molecule has 0 saturated carbocycles. The fraction of sp³-hybridized carbons (Fsp3) is 0.0625. The number of hydrogen-bond acceptors (Lipinski definition) is 5. The number of fused-ring (bicyclic) bond motifs is 1. The number of nitro groups is 1. The van der Waals surface area contributed by atoms with E-state index in [1.54, 1.807) is 18.2 Å². The number of amides is 1. The second-order valence-corrected chi connectivity index (χ2v) is 4.90. The molecule has 2 aromatic carbocycles. The molecule has 0 radical (unpaired) electrons. The van der Waals surface area contributed by atoms with Crippen LogP contribution < -0.4 is 5.32 Å². The van der Waals surface area contributed by atoms with Crippen molar-refractivity contribution in [1.82, 2.24) is 5.32 Å². The summed E-state index contributed by atoms with van der Waals surface area (Å²) in [5.74, 6) is -0.455. The zero-order valence-electron chi connectivity index (χ0n) is 11.9. The zero-order valence-corrected chi connectivity index (χ0v) is 11.9. The molecular formula is C16H12N2O5. The third-order valence-corrected chi connectivity index (χ3v) is 3.36. The number of furan rings is 1. The standard InChI is InChI=1S/C16H12N2O5/c19-13-6-5-12(18(21)22)7-11(13)9-17-16(20)15-8-10-3-1-2-4-14(10)23-15/h1-8,19H,9H2,(H,17,20). The first-order valence-corrected chi connectivity index (χ1v) is 6.77. The van der Waals surface area contributed by atoms with Crippen molar-refractivity contribution < 1.29 is 19.2 Å². The maximum absolute atomic E-state index is 12.1. The minimum Gasteiger partial charge on any atom is -0.508 e. The summed E-state index contributed by atoms with van der Waals surface area (Å²) in [5.41, 5.74) is 0.690. The van der Waals surface area contributed by atoms with Gasteiger partial charge in [-0.2, -0.15) is 0 Å². The third kappa shape index (κ3) is 2.98. The lowest BCUT2D eigenvalue weighted by molar-refractivity contribution is -0.384. The number of nitrogens with one attached hydrogen (secondary N) is 1. The van der Waals surface area contributed by atoms with Gasteiger partial charge in [-0.15, -0.1) is 0 Å². The fourth-order valence-corrected chi connectivity index (χ4v) is 2.18. The smallest absolute Gasteiger partial charge is 0.287 e. The SMILES string of the molecule is O=C(NCc1cc([N+](=O)[O-])ccc1O)c1cc2ccccc2o1. The highest BCUT2D eigenvalue weighted by atomic mass is 16.6. The summed E-state index contributed by atoms with van der Waals surface area (Å²) in [7, 11) is 0. The highest BCUT2D eigenvalue weighted by Gasteiger charge is 2.14. The van der Waals surface area contributed by atoms with Gasteiger partial charge in [-0.3, -0.25) is 14.9 Å². The Morgan fingerprint density at radius 1 is 1.22 bits per heavy atom. The Bertz CT molecular complexity index is 867. The Hall–Kier alpha value is -3.35. The number of para-hydroxylation sites is 1. The summed E-state index contributed by atoms with van der Waals surface area (Å²) in [6.45, 7) is -0.0522. The highest BCUT2D eigenvalue weighted by molar-refractivity contribution is 5.96. The molecule has 0 aliphatic carbocycles. The van der Waals surface area contributed by atoms with Crippen LogP contribution in [0.4, 0.5) is 5.69 Å². The summed E-state index contributed by atoms with van der Waals surface area (Å²) in [4.78, 5) is 22.3. The van der Waals surface area contributed by atoms with Crippen LogP contribution in [0.25, 0.3) is 11.0 Å². The van der Waals surface area contributed by atoms with E-state index in [0.717, 1.165) is 5.39 Å². The van der Waals surface area contributed by atoms with Gasteiger partial charge in [-0.1, -0.05) is 18.2 Å². The van der Waals surface area contributed by atoms with E-state index in [2.05, 4.69) is 5.32 Å². The number of rotatable bonds is 4. The summed E-state index contributed by atoms with van der Waals surface area (Å²) >= 11 is 0. The molecule has 0 unspecified atom stereocenters. The number of hydrogen-bond donors (Lipinski definition) is 2. The number of phenols is 1. The lowest BCUT2D eigenvalue weighted by atomic mass is 10.1. The van der Waals surface area contributed by atoms with E-state index in [9.17, 15) is 20.0 Å². The van der Waals surface area contributed by atoms with Crippen molar-refractivity contribution in [2.45, 2.75) is 6.54 Å². The van der Waals surface area contributed by atoms with Gasteiger partial charge < -0.3 is 14.8 Å². The van der Waals surface area contributed by atoms with Crippen LogP contribution in [0, 0.1) is 10.1 Å². The van der Waals surface area contributed by atoms with E-state index >= 15 is 0 Å². The first-order chi connectivity index (χ1) is 11.0. The maximum atomic E-state index is 12.1. The molecule has 23 heavy (non-hydrogen) atoms. The fourth-order valence-electron chi connectivity index (χ4n) is 2.18. The van der Waals surface area contributed by atoms with Crippen molar-refractivity contribution in [3.63, 3.8) is 0 Å². The van der Waals surface area contributed by atoms with Crippen LogP contribution in [-0.4, -0.2) is 15.9 Å². The second kappa shape index (κ2) is 5.80. The molecule has 0 spiro atoms. The highest BCUT2D eigenvalue weighted by Crippen LogP contribution is 2.23. The molecule has 3 aromatic rings. The van der Waals surface area contributed by atoms with Crippen LogP contribution in [0.2, 0.25) is 0 Å². The van der Waals surface area contributed by atoms with Crippen LogP contribution in [0.15, 0.2) is 52.9 Å². The molecule has 1 aromatic heterocycles. The van der Waals surface area contributed by atoms with Gasteiger partial charge >= 0.3 is 0 Å². The van der Waals surface area contributed by atoms with Gasteiger partial charge in [-0.25, -0.2) is 0 Å². The van der Waals surface area contributed by atoms with Gasteiger partial charge in [0.15, 0.2) is 5.76 Å². The molecule has 7 heteroatoms. The van der Waals surface area contributed by atoms with Gasteiger partial charge in [0.2, 0.25) is 0 Å². The predicted octanol–water partition coefficient (Wildman–Crippen LogP) is 2.98. The summed E-state index contributed by atoms with van der Waals surface area (Å²) in [6, 6.07) is 12.4. The number of non-ortho nitro benzene ring substituents is 1. The number of nitro benzene ring substituents is 1. The Balaban J connectivity index is 1.76. The number of aromatic hydroxyl groups is 1. The maximum Gasteiger partial charge on any atom is 0.287 e. The van der Waals surface area contributed by atoms with Crippen molar-refractivity contribution in [1.29, 1.82) is 0 Å². The molecule has 0 bridgehead atoms. The van der Waals surface area contributed by atoms with Gasteiger partial charge in [0.25, 0.3) is 11.6 Å². The zero-order chi connectivity index (χ0) is 16.4. The lowest BCUT2D eigenvalue weighted by Crippen LogP contribution is -2.22. The number of nitrogens with zero attached hydrogens (tertiary/aromatic N) is 1. The Morgan fingerprint density at radius 2 is 2.00 bits per heavy atom. The second-order valence-electron chi connectivity index (χ2n) is 4.90. The summed E-state index contributed by atoms with van der Waals surface area (Å²) < 4.78 is 5.43. The van der Waals surface area contributed by atoms with E-state index in [0.29, 0.717) is 5.58 Å². The van der Waals surface area contributed by atoms with Gasteiger partial charge in [0.1, 0.15) is 11.3 Å². The average Bonchev–Trinajstić information content (AvgIpc) is 2.97. The van der Waals surface area contributed by atoms with Crippen molar-refractivity contribution in [2.24, 2.45) is 0 Å². The van der Waals surface area contributed by atoms with Gasteiger partial charge in [0, 0.05) is 29.6 Å². The Kier molecular flexibility index (Phi) is 3.68. The average molecular weight is 312 g/mol. The van der Waals surface area contributed by atoms with Gasteiger partial charge in [-0.05, 0) is 18.2 Å². The Morgan fingerprint density at radius 3 is 2.74 bits per heavy atom. The molecule has 1 amide bonds. The van der Waals surface area contributed by atoms with Crippen molar-refractivity contribution >= 4 is 22.6 Å². The monoisotopic (exact) mass is 312 g/mol. The molecule has 3 rings (SSSR count). The molecule has 116 valence electrons. The van der Waals surface area contributed by atoms with E-state index in [-0.39, 0.29) is 29.3 Å². The quantitative estimate of drug-likeness (QED) is 0.569. The Labute approximate surface area is 130 Å². The molecule has 7 nitrogen and oxygen atoms in total. The molecular weight excluding hydrogens is 300 g/mol. The van der Waals surface area contributed by atoms with E-state index in [4.69, 9.17) is 4.42 Å². The molecule has 0 atom stereocenters. The molecule has 2 N–H and O–H groups in total. The normalized spacial score (nSPS) is 10.6. The topological polar surface area (TPSA) is 106 Å². The largest absolute Gasteiger partial charge is 0.508 e. The summed E-state index contributed by atoms with van der Waals surface area (Å²) in [5, 5.41) is 23.8. The molecule has 0 aliphatic rings. The summed E-state index contributed by atoms with van der Waals surface area (Å²) in [6.07, 6.45) is 0. The van der Waals surface area contributed by atoms with Crippen molar-refractivity contribution in [3.8, 4) is 5.75 Å². The first kappa shape index (κ1) is 14.6. The van der Waals surface area contributed by atoms with Crippen molar-refractivity contribution in [3.05, 3.63) is 70.0 Å². The number of benzene rings is 2. The first-order valence-electron chi connectivity index (χ1n) is 6.77. The predicted molar refractivity (Wildman–Crippen MR) is 82.1 cm³/mol. The van der Waals surface area contributed by atoms with Crippen molar-refractivity contribution in [2.75, 3.05) is 0 Å². The van der Waals surface area contributed by atoms with Crippen LogP contribution in [0.5, 0.6) is 5.75 Å². The molecule has 0 fully saturated rings. The lowest BCUT2D eigenvalue weighted by Gasteiger charge is -2.05. The van der Waals surface area contributed by atoms with Crippen LogP contribution in [0.1, 0.15) is 16.1 Å².